The molecule has 1 aliphatic rings. The van der Waals surface area contributed by atoms with Gasteiger partial charge in [-0.1, -0.05) is 166 Å². The van der Waals surface area contributed by atoms with Gasteiger partial charge in [-0.15, -0.1) is 0 Å². The van der Waals surface area contributed by atoms with Crippen molar-refractivity contribution in [2.75, 3.05) is 4.90 Å². The number of furan rings is 1. The zero-order chi connectivity index (χ0) is 38.1. The predicted octanol–water partition coefficient (Wildman–Crippen LogP) is 15.5. The van der Waals surface area contributed by atoms with Crippen molar-refractivity contribution in [1.82, 2.24) is 0 Å². The van der Waals surface area contributed by atoms with E-state index in [1.165, 1.54) is 55.3 Å². The molecule has 2 nitrogen and oxygen atoms in total. The van der Waals surface area contributed by atoms with Gasteiger partial charge < -0.3 is 9.32 Å². The quantitative estimate of drug-likeness (QED) is 0.169. The highest BCUT2D eigenvalue weighted by Crippen LogP contribution is 2.52. The third kappa shape index (κ3) is 5.33. The summed E-state index contributed by atoms with van der Waals surface area (Å²) in [5.41, 5.74) is 17.2. The third-order valence-electron chi connectivity index (χ3n) is 12.1. The number of hydrogen-bond donors (Lipinski definition) is 0. The van der Waals surface area contributed by atoms with Crippen molar-refractivity contribution in [2.45, 2.75) is 19.3 Å². The van der Waals surface area contributed by atoms with Gasteiger partial charge in [0.25, 0.3) is 0 Å². The Balaban J connectivity index is 1.16. The molecule has 10 aromatic rings. The van der Waals surface area contributed by atoms with Gasteiger partial charge in [0.2, 0.25) is 0 Å². The highest BCUT2D eigenvalue weighted by molar-refractivity contribution is 6.14. The molecule has 1 aromatic heterocycles. The molecule has 0 aliphatic heterocycles. The first-order chi connectivity index (χ1) is 28.0. The largest absolute Gasteiger partial charge is 0.455 e. The van der Waals surface area contributed by atoms with E-state index >= 15 is 0 Å². The summed E-state index contributed by atoms with van der Waals surface area (Å²) in [5.74, 6) is 0. The zero-order valence-electron chi connectivity index (χ0n) is 31.9. The molecule has 0 spiro atoms. The smallest absolute Gasteiger partial charge is 0.145 e. The summed E-state index contributed by atoms with van der Waals surface area (Å²) in [6.07, 6.45) is 0. The van der Waals surface area contributed by atoms with Crippen LogP contribution in [0.25, 0.3) is 77.2 Å². The van der Waals surface area contributed by atoms with Crippen LogP contribution >= 0.6 is 0 Å². The maximum Gasteiger partial charge on any atom is 0.145 e. The molecule has 57 heavy (non-hydrogen) atoms. The fourth-order valence-corrected chi connectivity index (χ4v) is 9.24. The van der Waals surface area contributed by atoms with E-state index in [4.69, 9.17) is 4.42 Å². The molecule has 2 heteroatoms. The summed E-state index contributed by atoms with van der Waals surface area (Å²) in [6, 6.07) is 72.6. The van der Waals surface area contributed by atoms with Crippen molar-refractivity contribution in [3.8, 4) is 44.5 Å². The van der Waals surface area contributed by atoms with Crippen LogP contribution in [0.5, 0.6) is 0 Å². The number of nitrogens with zero attached hydrogens (tertiary/aromatic N) is 1. The SMILES string of the molecule is CC1(C)c2ccccc2-c2ccc(N(c3ccc(-c4ccccc4-c4ccccc4)cc3)c3ccc4c(oc5ccccc54)c3-c3ccc4ccccc4c3)cc21. The molecule has 0 bridgehead atoms. The highest BCUT2D eigenvalue weighted by atomic mass is 16.3. The first kappa shape index (κ1) is 33.2. The molecule has 0 N–H and O–H groups in total. The molecular formula is C55H39NO. The number of anilines is 3. The van der Waals surface area contributed by atoms with Gasteiger partial charge in [-0.25, -0.2) is 0 Å². The van der Waals surface area contributed by atoms with Gasteiger partial charge in [-0.3, -0.25) is 0 Å². The number of rotatable bonds is 6. The van der Waals surface area contributed by atoms with Crippen LogP contribution in [0, 0.1) is 0 Å². The summed E-state index contributed by atoms with van der Waals surface area (Å²) < 4.78 is 6.87. The maximum absolute atomic E-state index is 6.87. The van der Waals surface area contributed by atoms with E-state index in [2.05, 4.69) is 219 Å². The Bertz CT molecular complexity index is 3150. The van der Waals surface area contributed by atoms with Gasteiger partial charge >= 0.3 is 0 Å². The van der Waals surface area contributed by atoms with Crippen LogP contribution in [0.4, 0.5) is 17.1 Å². The lowest BCUT2D eigenvalue weighted by atomic mass is 9.82. The monoisotopic (exact) mass is 729 g/mol. The molecule has 0 atom stereocenters. The minimum Gasteiger partial charge on any atom is -0.455 e. The van der Waals surface area contributed by atoms with Gasteiger partial charge in [0.05, 0.1) is 5.69 Å². The van der Waals surface area contributed by atoms with Crippen LogP contribution in [0.3, 0.4) is 0 Å². The van der Waals surface area contributed by atoms with Crippen LogP contribution in [-0.2, 0) is 5.41 Å². The molecular weight excluding hydrogens is 691 g/mol. The van der Waals surface area contributed by atoms with Crippen molar-refractivity contribution < 1.29 is 4.42 Å². The van der Waals surface area contributed by atoms with Crippen molar-refractivity contribution in [1.29, 1.82) is 0 Å². The fourth-order valence-electron chi connectivity index (χ4n) is 9.24. The first-order valence-electron chi connectivity index (χ1n) is 19.8. The van der Waals surface area contributed by atoms with Crippen LogP contribution in [0.2, 0.25) is 0 Å². The summed E-state index contributed by atoms with van der Waals surface area (Å²) in [6.45, 7) is 4.71. The van der Waals surface area contributed by atoms with Gasteiger partial charge in [0.15, 0.2) is 0 Å². The summed E-state index contributed by atoms with van der Waals surface area (Å²) in [4.78, 5) is 2.43. The summed E-state index contributed by atoms with van der Waals surface area (Å²) in [7, 11) is 0. The molecule has 0 amide bonds. The fraction of sp³-hybridized carbons (Fsp3) is 0.0545. The Morgan fingerprint density at radius 3 is 1.82 bits per heavy atom. The van der Waals surface area contributed by atoms with E-state index < -0.39 is 0 Å². The van der Waals surface area contributed by atoms with Crippen molar-refractivity contribution >= 4 is 49.8 Å². The first-order valence-corrected chi connectivity index (χ1v) is 19.8. The molecule has 1 heterocycles. The van der Waals surface area contributed by atoms with Gasteiger partial charge in [-0.2, -0.15) is 0 Å². The van der Waals surface area contributed by atoms with E-state index in [-0.39, 0.29) is 5.41 Å². The maximum atomic E-state index is 6.87. The number of para-hydroxylation sites is 1. The van der Waals surface area contributed by atoms with Crippen LogP contribution in [0.1, 0.15) is 25.0 Å². The lowest BCUT2D eigenvalue weighted by molar-refractivity contribution is 0.660. The number of benzene rings is 9. The van der Waals surface area contributed by atoms with E-state index in [1.807, 2.05) is 0 Å². The van der Waals surface area contributed by atoms with Crippen LogP contribution < -0.4 is 4.90 Å². The Labute approximate surface area is 332 Å². The average molecular weight is 730 g/mol. The Morgan fingerprint density at radius 1 is 0.404 bits per heavy atom. The second-order valence-corrected chi connectivity index (χ2v) is 15.7. The van der Waals surface area contributed by atoms with E-state index in [0.29, 0.717) is 0 Å². The van der Waals surface area contributed by atoms with Crippen LogP contribution in [-0.4, -0.2) is 0 Å². The minimum atomic E-state index is -0.150. The molecule has 0 radical (unpaired) electrons. The summed E-state index contributed by atoms with van der Waals surface area (Å²) in [5, 5.41) is 4.63. The molecule has 1 aliphatic carbocycles. The Kier molecular flexibility index (Phi) is 7.55. The number of hydrogen-bond acceptors (Lipinski definition) is 2. The molecule has 0 saturated carbocycles. The lowest BCUT2D eigenvalue weighted by Crippen LogP contribution is -2.17. The second-order valence-electron chi connectivity index (χ2n) is 15.7. The zero-order valence-corrected chi connectivity index (χ0v) is 31.9. The van der Waals surface area contributed by atoms with E-state index in [1.54, 1.807) is 0 Å². The lowest BCUT2D eigenvalue weighted by Gasteiger charge is -2.30. The normalized spacial score (nSPS) is 12.9. The Morgan fingerprint density at radius 2 is 1.02 bits per heavy atom. The van der Waals surface area contributed by atoms with Gasteiger partial charge in [0, 0.05) is 33.1 Å². The topological polar surface area (TPSA) is 16.4 Å². The van der Waals surface area contributed by atoms with E-state index in [9.17, 15) is 0 Å². The highest BCUT2D eigenvalue weighted by Gasteiger charge is 2.36. The summed E-state index contributed by atoms with van der Waals surface area (Å²) >= 11 is 0. The molecule has 11 rings (SSSR count). The second kappa shape index (κ2) is 13.0. The number of fused-ring (bicyclic) bond motifs is 7. The minimum absolute atomic E-state index is 0.150. The molecule has 0 fully saturated rings. The van der Waals surface area contributed by atoms with Crippen molar-refractivity contribution in [2.24, 2.45) is 0 Å². The molecule has 270 valence electrons. The van der Waals surface area contributed by atoms with E-state index in [0.717, 1.165) is 50.1 Å². The van der Waals surface area contributed by atoms with Crippen molar-refractivity contribution in [3.63, 3.8) is 0 Å². The van der Waals surface area contributed by atoms with Gasteiger partial charge in [0.1, 0.15) is 11.2 Å². The predicted molar refractivity (Wildman–Crippen MR) is 240 cm³/mol. The average Bonchev–Trinajstić information content (AvgIpc) is 3.76. The standard InChI is InChI=1S/C55H39NO/c1-55(2)49-22-12-10-20-45(49)46-31-30-42(35-50(46)55)56(41-28-26-38(27-29-41)44-19-9-8-18-43(44)37-15-4-3-5-16-37)51-33-32-48-47-21-11-13-23-52(47)57-54(48)53(51)40-25-24-36-14-6-7-17-39(36)34-40/h3-35H,1-2H3. The third-order valence-corrected chi connectivity index (χ3v) is 12.1. The van der Waals surface area contributed by atoms with Crippen LogP contribution in [0.15, 0.2) is 205 Å². The van der Waals surface area contributed by atoms with Crippen molar-refractivity contribution in [3.05, 3.63) is 211 Å². The molecule has 9 aromatic carbocycles. The molecule has 0 saturated heterocycles. The molecule has 0 unspecified atom stereocenters. The Hall–Kier alpha value is -7.16. The van der Waals surface area contributed by atoms with Gasteiger partial charge in [-0.05, 0) is 109 Å².